The lowest BCUT2D eigenvalue weighted by atomic mass is 10.0. The Balaban J connectivity index is 1.80. The molecule has 1 fully saturated rings. The second kappa shape index (κ2) is 8.25. The third kappa shape index (κ3) is 4.13. The smallest absolute Gasteiger partial charge is 0.253 e. The molecule has 0 aliphatic carbocycles. The van der Waals surface area contributed by atoms with E-state index in [1.807, 2.05) is 57.4 Å². The van der Waals surface area contributed by atoms with Crippen LogP contribution in [-0.4, -0.2) is 50.4 Å². The molecule has 0 bridgehead atoms. The number of carbonyl (C=O) groups excluding carboxylic acids is 2. The molecule has 1 aliphatic heterocycles. The van der Waals surface area contributed by atoms with Crippen molar-refractivity contribution in [2.75, 3.05) is 38.6 Å². The summed E-state index contributed by atoms with van der Waals surface area (Å²) >= 11 is 0. The predicted octanol–water partition coefficient (Wildman–Crippen LogP) is 3.02. The van der Waals surface area contributed by atoms with E-state index in [2.05, 4.69) is 22.3 Å². The van der Waals surface area contributed by atoms with Crippen LogP contribution in [0.5, 0.6) is 0 Å². The molecule has 27 heavy (non-hydrogen) atoms. The van der Waals surface area contributed by atoms with Gasteiger partial charge in [0.1, 0.15) is 0 Å². The monoisotopic (exact) mass is 365 g/mol. The van der Waals surface area contributed by atoms with Gasteiger partial charge in [0.2, 0.25) is 5.91 Å². The average Bonchev–Trinajstić information content (AvgIpc) is 3.18. The summed E-state index contributed by atoms with van der Waals surface area (Å²) < 4.78 is 0. The van der Waals surface area contributed by atoms with Gasteiger partial charge < -0.3 is 15.1 Å². The normalized spacial score (nSPS) is 16.3. The maximum absolute atomic E-state index is 13.0. The van der Waals surface area contributed by atoms with E-state index in [9.17, 15) is 9.59 Å². The second-order valence-corrected chi connectivity index (χ2v) is 7.12. The molecule has 2 aromatic rings. The number of anilines is 1. The molecule has 0 radical (unpaired) electrons. The molecule has 1 saturated heterocycles. The maximum atomic E-state index is 13.0. The Kier molecular flexibility index (Phi) is 5.79. The predicted molar refractivity (Wildman–Crippen MR) is 109 cm³/mol. The molecule has 1 heterocycles. The largest absolute Gasteiger partial charge is 0.377 e. The van der Waals surface area contributed by atoms with E-state index in [1.165, 1.54) is 0 Å². The van der Waals surface area contributed by atoms with Gasteiger partial charge in [0, 0.05) is 50.5 Å². The van der Waals surface area contributed by atoms with Gasteiger partial charge in [0.05, 0.1) is 5.92 Å². The van der Waals surface area contributed by atoms with Crippen LogP contribution in [-0.2, 0) is 4.79 Å². The van der Waals surface area contributed by atoms with Crippen molar-refractivity contribution in [1.82, 2.24) is 10.2 Å². The van der Waals surface area contributed by atoms with Crippen LogP contribution >= 0.6 is 0 Å². The first-order valence-corrected chi connectivity index (χ1v) is 9.45. The Morgan fingerprint density at radius 3 is 2.67 bits per heavy atom. The van der Waals surface area contributed by atoms with Crippen molar-refractivity contribution >= 4 is 17.5 Å². The van der Waals surface area contributed by atoms with Crippen molar-refractivity contribution < 1.29 is 9.59 Å². The molecule has 2 aromatic carbocycles. The zero-order chi connectivity index (χ0) is 19.4. The first-order chi connectivity index (χ1) is 13.0. The van der Waals surface area contributed by atoms with E-state index in [-0.39, 0.29) is 17.7 Å². The fourth-order valence-corrected chi connectivity index (χ4v) is 3.59. The third-order valence-corrected chi connectivity index (χ3v) is 5.00. The van der Waals surface area contributed by atoms with Crippen LogP contribution in [0.25, 0.3) is 11.1 Å². The summed E-state index contributed by atoms with van der Waals surface area (Å²) in [7, 11) is 4.03. The molecule has 1 aliphatic rings. The highest BCUT2D eigenvalue weighted by Crippen LogP contribution is 2.30. The zero-order valence-electron chi connectivity index (χ0n) is 16.2. The van der Waals surface area contributed by atoms with Crippen molar-refractivity contribution in [2.24, 2.45) is 5.92 Å². The van der Waals surface area contributed by atoms with E-state index in [0.717, 1.165) is 23.2 Å². The summed E-state index contributed by atoms with van der Waals surface area (Å²) in [6.07, 6.45) is 0.723. The minimum atomic E-state index is -0.105. The molecule has 5 heteroatoms. The molecule has 1 atom stereocenters. The first kappa shape index (κ1) is 19.0. The lowest BCUT2D eigenvalue weighted by Gasteiger charge is -2.19. The van der Waals surface area contributed by atoms with Crippen LogP contribution in [0.3, 0.4) is 0 Å². The number of hydrogen-bond acceptors (Lipinski definition) is 3. The average molecular weight is 365 g/mol. The number of benzene rings is 2. The molecule has 2 amide bonds. The molecule has 0 aromatic heterocycles. The number of rotatable bonds is 5. The van der Waals surface area contributed by atoms with E-state index in [0.29, 0.717) is 25.2 Å². The molecular weight excluding hydrogens is 338 g/mol. The van der Waals surface area contributed by atoms with Gasteiger partial charge in [-0.1, -0.05) is 30.3 Å². The topological polar surface area (TPSA) is 52.7 Å². The summed E-state index contributed by atoms with van der Waals surface area (Å²) in [6, 6.07) is 15.9. The van der Waals surface area contributed by atoms with Crippen LogP contribution in [0.2, 0.25) is 0 Å². The first-order valence-electron chi connectivity index (χ1n) is 9.45. The number of nitrogens with one attached hydrogen (secondary N) is 1. The van der Waals surface area contributed by atoms with Gasteiger partial charge in [-0.3, -0.25) is 9.59 Å². The zero-order valence-corrected chi connectivity index (χ0v) is 16.2. The van der Waals surface area contributed by atoms with E-state index in [1.54, 1.807) is 4.90 Å². The van der Waals surface area contributed by atoms with Gasteiger partial charge in [0.25, 0.3) is 5.91 Å². The van der Waals surface area contributed by atoms with Crippen molar-refractivity contribution in [2.45, 2.75) is 13.3 Å². The third-order valence-electron chi connectivity index (χ3n) is 5.00. The van der Waals surface area contributed by atoms with Gasteiger partial charge in [-0.15, -0.1) is 0 Å². The lowest BCUT2D eigenvalue weighted by molar-refractivity contribution is -0.124. The van der Waals surface area contributed by atoms with Crippen molar-refractivity contribution in [3.63, 3.8) is 0 Å². The summed E-state index contributed by atoms with van der Waals surface area (Å²) in [5, 5.41) is 2.85. The molecule has 0 saturated carbocycles. The number of hydrogen-bond donors (Lipinski definition) is 1. The summed E-state index contributed by atoms with van der Waals surface area (Å²) in [6.45, 7) is 3.64. The number of likely N-dealkylation sites (tertiary alicyclic amines) is 1. The Hall–Kier alpha value is -2.82. The van der Waals surface area contributed by atoms with Gasteiger partial charge in [0.15, 0.2) is 0 Å². The molecular formula is C22H27N3O2. The number of carbonyl (C=O) groups is 2. The minimum absolute atomic E-state index is 0.00835. The molecule has 142 valence electrons. The Morgan fingerprint density at radius 1 is 1.15 bits per heavy atom. The van der Waals surface area contributed by atoms with Crippen LogP contribution in [0.4, 0.5) is 5.69 Å². The highest BCUT2D eigenvalue weighted by atomic mass is 16.2. The van der Waals surface area contributed by atoms with Crippen LogP contribution in [0.15, 0.2) is 48.5 Å². The van der Waals surface area contributed by atoms with Gasteiger partial charge in [-0.25, -0.2) is 0 Å². The molecule has 1 N–H and O–H groups in total. The minimum Gasteiger partial charge on any atom is -0.377 e. The Bertz CT molecular complexity index is 832. The summed E-state index contributed by atoms with van der Waals surface area (Å²) in [4.78, 5) is 28.9. The van der Waals surface area contributed by atoms with Gasteiger partial charge in [-0.05, 0) is 37.1 Å². The fourth-order valence-electron chi connectivity index (χ4n) is 3.59. The van der Waals surface area contributed by atoms with Gasteiger partial charge >= 0.3 is 0 Å². The lowest BCUT2D eigenvalue weighted by Crippen LogP contribution is -2.34. The number of nitrogens with zero attached hydrogens (tertiary/aromatic N) is 2. The Labute approximate surface area is 161 Å². The molecule has 5 nitrogen and oxygen atoms in total. The highest BCUT2D eigenvalue weighted by Gasteiger charge is 2.31. The van der Waals surface area contributed by atoms with Crippen molar-refractivity contribution in [3.8, 4) is 11.1 Å². The van der Waals surface area contributed by atoms with Crippen molar-refractivity contribution in [3.05, 3.63) is 54.1 Å². The van der Waals surface area contributed by atoms with E-state index >= 15 is 0 Å². The molecule has 1 unspecified atom stereocenters. The van der Waals surface area contributed by atoms with Gasteiger partial charge in [-0.2, -0.15) is 0 Å². The number of para-hydroxylation sites is 1. The van der Waals surface area contributed by atoms with Crippen LogP contribution < -0.4 is 10.2 Å². The fraction of sp³-hybridized carbons (Fsp3) is 0.364. The van der Waals surface area contributed by atoms with E-state index < -0.39 is 0 Å². The summed E-state index contributed by atoms with van der Waals surface area (Å²) in [5.74, 6) is -0.0704. The van der Waals surface area contributed by atoms with E-state index in [4.69, 9.17) is 0 Å². The molecule has 3 rings (SSSR count). The summed E-state index contributed by atoms with van der Waals surface area (Å²) in [5.41, 5.74) is 3.89. The Morgan fingerprint density at radius 2 is 1.93 bits per heavy atom. The standard InChI is InChI=1S/C22H27N3O2/c1-4-23-21(26)18-12-13-25(15-18)22(27)17-9-7-8-16(14-17)19-10-5-6-11-20(19)24(2)3/h5-11,14,18H,4,12-13,15H2,1-3H3,(H,23,26). The second-order valence-electron chi connectivity index (χ2n) is 7.12. The quantitative estimate of drug-likeness (QED) is 0.886. The maximum Gasteiger partial charge on any atom is 0.253 e. The highest BCUT2D eigenvalue weighted by molar-refractivity contribution is 5.96. The SMILES string of the molecule is CCNC(=O)C1CCN(C(=O)c2cccc(-c3ccccc3N(C)C)c2)C1. The molecule has 0 spiro atoms. The van der Waals surface area contributed by atoms with Crippen LogP contribution in [0.1, 0.15) is 23.7 Å². The van der Waals surface area contributed by atoms with Crippen LogP contribution in [0, 0.1) is 5.92 Å². The number of amides is 2. The van der Waals surface area contributed by atoms with Crippen molar-refractivity contribution in [1.29, 1.82) is 0 Å².